The van der Waals surface area contributed by atoms with Crippen LogP contribution in [-0.2, 0) is 0 Å². The summed E-state index contributed by atoms with van der Waals surface area (Å²) in [5, 5.41) is 5.89. The number of amides is 1. The molecule has 0 aliphatic carbocycles. The first kappa shape index (κ1) is 7.34. The maximum absolute atomic E-state index is 11.3. The van der Waals surface area contributed by atoms with E-state index in [1.54, 1.807) is 12.3 Å². The smallest absolute Gasteiger partial charge is 0.318 e. The summed E-state index contributed by atoms with van der Waals surface area (Å²) in [5.74, 6) is 0.0148. The van der Waals surface area contributed by atoms with Crippen molar-refractivity contribution in [1.29, 1.82) is 0 Å². The third-order valence-corrected chi connectivity index (χ3v) is 2.28. The molecular weight excluding hydrogens is 154 g/mol. The SMILES string of the molecule is CCC1CNC(=O)c2cc[nH][n+]21. The van der Waals surface area contributed by atoms with Crippen LogP contribution in [0.4, 0.5) is 0 Å². The number of hydrogen-bond acceptors (Lipinski definition) is 1. The van der Waals surface area contributed by atoms with Crippen LogP contribution < -0.4 is 10.00 Å². The molecule has 1 aliphatic rings. The van der Waals surface area contributed by atoms with Gasteiger partial charge in [-0.2, -0.15) is 5.10 Å². The van der Waals surface area contributed by atoms with Crippen molar-refractivity contribution < 1.29 is 9.48 Å². The lowest BCUT2D eigenvalue weighted by atomic mass is 10.2. The van der Waals surface area contributed by atoms with Gasteiger partial charge in [-0.15, -0.1) is 4.68 Å². The lowest BCUT2D eigenvalue weighted by molar-refractivity contribution is -0.776. The second-order valence-corrected chi connectivity index (χ2v) is 2.99. The first-order chi connectivity index (χ1) is 5.83. The number of aromatic nitrogens is 2. The molecule has 1 atom stereocenters. The van der Waals surface area contributed by atoms with E-state index in [0.717, 1.165) is 18.7 Å². The number of fused-ring (bicyclic) bond motifs is 1. The Morgan fingerprint density at radius 1 is 1.75 bits per heavy atom. The second kappa shape index (κ2) is 2.62. The van der Waals surface area contributed by atoms with Crippen molar-refractivity contribution in [3.8, 4) is 0 Å². The van der Waals surface area contributed by atoms with Crippen LogP contribution in [0.2, 0.25) is 0 Å². The van der Waals surface area contributed by atoms with E-state index in [4.69, 9.17) is 0 Å². The Kier molecular flexibility index (Phi) is 1.60. The molecule has 0 saturated carbocycles. The number of carbonyl (C=O) groups is 1. The summed E-state index contributed by atoms with van der Waals surface area (Å²) in [6.45, 7) is 2.84. The molecule has 1 aromatic rings. The quantitative estimate of drug-likeness (QED) is 0.567. The summed E-state index contributed by atoms with van der Waals surface area (Å²) >= 11 is 0. The summed E-state index contributed by atoms with van der Waals surface area (Å²) in [6.07, 6.45) is 2.82. The minimum Gasteiger partial charge on any atom is -0.340 e. The molecule has 2 heterocycles. The van der Waals surface area contributed by atoms with E-state index < -0.39 is 0 Å². The highest BCUT2D eigenvalue weighted by Gasteiger charge is 2.32. The molecular formula is C8H12N3O+. The van der Waals surface area contributed by atoms with Crippen molar-refractivity contribution in [2.75, 3.05) is 6.54 Å². The molecule has 0 fully saturated rings. The van der Waals surface area contributed by atoms with Gasteiger partial charge in [-0.3, -0.25) is 4.79 Å². The fourth-order valence-corrected chi connectivity index (χ4v) is 1.55. The van der Waals surface area contributed by atoms with Crippen molar-refractivity contribution >= 4 is 5.91 Å². The number of hydrogen-bond donors (Lipinski definition) is 2. The molecule has 2 rings (SSSR count). The average molecular weight is 166 g/mol. The Labute approximate surface area is 70.6 Å². The van der Waals surface area contributed by atoms with Crippen LogP contribution in [0.25, 0.3) is 0 Å². The van der Waals surface area contributed by atoms with Crippen molar-refractivity contribution in [2.24, 2.45) is 0 Å². The van der Waals surface area contributed by atoms with Crippen molar-refractivity contribution in [2.45, 2.75) is 19.4 Å². The van der Waals surface area contributed by atoms with Gasteiger partial charge in [0, 0.05) is 12.5 Å². The molecule has 1 aromatic heterocycles. The van der Waals surface area contributed by atoms with E-state index in [0.29, 0.717) is 6.04 Å². The Bertz CT molecular complexity index is 305. The summed E-state index contributed by atoms with van der Waals surface area (Å²) in [4.78, 5) is 11.3. The standard InChI is InChI=1S/C8H11N3O/c1-2-6-5-9-8(12)7-3-4-10-11(6)7/h3-4,6H,2,5H2,1H3,(H,9,12)/p+1. The summed E-state index contributed by atoms with van der Waals surface area (Å²) in [5.41, 5.74) is 0.730. The Morgan fingerprint density at radius 2 is 2.58 bits per heavy atom. The molecule has 0 radical (unpaired) electrons. The van der Waals surface area contributed by atoms with E-state index in [9.17, 15) is 4.79 Å². The van der Waals surface area contributed by atoms with Gasteiger partial charge in [0.15, 0.2) is 6.04 Å². The van der Waals surface area contributed by atoms with Crippen LogP contribution >= 0.6 is 0 Å². The summed E-state index contributed by atoms with van der Waals surface area (Å²) < 4.78 is 1.93. The maximum Gasteiger partial charge on any atom is 0.318 e. The zero-order chi connectivity index (χ0) is 8.55. The molecule has 0 saturated heterocycles. The van der Waals surface area contributed by atoms with Crippen LogP contribution in [0.5, 0.6) is 0 Å². The maximum atomic E-state index is 11.3. The molecule has 1 unspecified atom stereocenters. The molecule has 4 heteroatoms. The molecule has 1 amide bonds. The average Bonchev–Trinajstić information content (AvgIpc) is 2.54. The van der Waals surface area contributed by atoms with Crippen molar-refractivity contribution in [3.63, 3.8) is 0 Å². The monoisotopic (exact) mass is 166 g/mol. The van der Waals surface area contributed by atoms with E-state index in [2.05, 4.69) is 17.3 Å². The summed E-state index contributed by atoms with van der Waals surface area (Å²) in [6, 6.07) is 2.18. The van der Waals surface area contributed by atoms with E-state index in [-0.39, 0.29) is 5.91 Å². The van der Waals surface area contributed by atoms with Gasteiger partial charge in [0.25, 0.3) is 5.69 Å². The third-order valence-electron chi connectivity index (χ3n) is 2.28. The molecule has 2 N–H and O–H groups in total. The molecule has 4 nitrogen and oxygen atoms in total. The molecule has 12 heavy (non-hydrogen) atoms. The van der Waals surface area contributed by atoms with Gasteiger partial charge >= 0.3 is 5.91 Å². The summed E-state index contributed by atoms with van der Waals surface area (Å²) in [7, 11) is 0. The highest BCUT2D eigenvalue weighted by atomic mass is 16.2. The van der Waals surface area contributed by atoms with Gasteiger partial charge in [-0.1, -0.05) is 6.92 Å². The Balaban J connectivity index is 2.42. The molecule has 1 aliphatic heterocycles. The van der Waals surface area contributed by atoms with Crippen LogP contribution in [0.3, 0.4) is 0 Å². The van der Waals surface area contributed by atoms with E-state index >= 15 is 0 Å². The minimum atomic E-state index is 0.0148. The van der Waals surface area contributed by atoms with Crippen LogP contribution in [-0.4, -0.2) is 17.6 Å². The largest absolute Gasteiger partial charge is 0.340 e. The first-order valence-corrected chi connectivity index (χ1v) is 4.20. The number of carbonyl (C=O) groups excluding carboxylic acids is 1. The van der Waals surface area contributed by atoms with Crippen LogP contribution in [0.1, 0.15) is 29.9 Å². The number of nitrogens with one attached hydrogen (secondary N) is 2. The third kappa shape index (κ3) is 0.913. The van der Waals surface area contributed by atoms with Gasteiger partial charge < -0.3 is 5.32 Å². The zero-order valence-corrected chi connectivity index (χ0v) is 7.00. The number of H-pyrrole nitrogens is 1. The molecule has 64 valence electrons. The van der Waals surface area contributed by atoms with Crippen molar-refractivity contribution in [1.82, 2.24) is 10.4 Å². The fourth-order valence-electron chi connectivity index (χ4n) is 1.55. The zero-order valence-electron chi connectivity index (χ0n) is 7.00. The Hall–Kier alpha value is -1.32. The second-order valence-electron chi connectivity index (χ2n) is 2.99. The van der Waals surface area contributed by atoms with Gasteiger partial charge in [0.2, 0.25) is 0 Å². The predicted octanol–water partition coefficient (Wildman–Crippen LogP) is -0.00330. The highest BCUT2D eigenvalue weighted by molar-refractivity contribution is 5.91. The van der Waals surface area contributed by atoms with Crippen LogP contribution in [0.15, 0.2) is 12.3 Å². The molecule has 0 bridgehead atoms. The van der Waals surface area contributed by atoms with Crippen LogP contribution in [0, 0.1) is 0 Å². The van der Waals surface area contributed by atoms with Gasteiger partial charge in [0.1, 0.15) is 0 Å². The lowest BCUT2D eigenvalue weighted by Crippen LogP contribution is -2.56. The minimum absolute atomic E-state index is 0.0148. The number of nitrogens with zero attached hydrogens (tertiary/aromatic N) is 1. The molecule has 0 aromatic carbocycles. The van der Waals surface area contributed by atoms with Gasteiger partial charge in [-0.25, -0.2) is 0 Å². The number of aromatic amines is 1. The fraction of sp³-hybridized carbons (Fsp3) is 0.500. The molecule has 0 spiro atoms. The number of rotatable bonds is 1. The first-order valence-electron chi connectivity index (χ1n) is 4.20. The normalized spacial score (nSPS) is 21.8. The van der Waals surface area contributed by atoms with Gasteiger partial charge in [-0.05, 0) is 0 Å². The predicted molar refractivity (Wildman–Crippen MR) is 42.6 cm³/mol. The van der Waals surface area contributed by atoms with E-state index in [1.165, 1.54) is 0 Å². The highest BCUT2D eigenvalue weighted by Crippen LogP contribution is 2.06. The van der Waals surface area contributed by atoms with E-state index in [1.807, 2.05) is 4.68 Å². The van der Waals surface area contributed by atoms with Crippen molar-refractivity contribution in [3.05, 3.63) is 18.0 Å². The topological polar surface area (TPSA) is 48.8 Å². The van der Waals surface area contributed by atoms with Gasteiger partial charge in [0.05, 0.1) is 12.7 Å². The lowest BCUT2D eigenvalue weighted by Gasteiger charge is -2.14. The Morgan fingerprint density at radius 3 is 3.33 bits per heavy atom.